The fourth-order valence-corrected chi connectivity index (χ4v) is 3.00. The van der Waals surface area contributed by atoms with E-state index in [1.54, 1.807) is 0 Å². The molecule has 10 N–H and O–H groups in total. The second-order valence-electron chi connectivity index (χ2n) is 7.39. The van der Waals surface area contributed by atoms with Gasteiger partial charge in [0.1, 0.15) is 18.1 Å². The van der Waals surface area contributed by atoms with Crippen molar-refractivity contribution in [3.05, 3.63) is 0 Å². The van der Waals surface area contributed by atoms with E-state index in [0.717, 1.165) is 6.42 Å². The van der Waals surface area contributed by atoms with Crippen molar-refractivity contribution in [2.75, 3.05) is 13.1 Å². The van der Waals surface area contributed by atoms with Gasteiger partial charge in [-0.05, 0) is 39.2 Å². The Morgan fingerprint density at radius 3 is 2.28 bits per heavy atom. The van der Waals surface area contributed by atoms with Gasteiger partial charge in [-0.1, -0.05) is 0 Å². The van der Waals surface area contributed by atoms with Crippen molar-refractivity contribution in [2.45, 2.75) is 63.2 Å². The predicted octanol–water partition coefficient (Wildman–Crippen LogP) is -3.17. The maximum absolute atomic E-state index is 12.5. The molecule has 0 aromatic rings. The first-order valence-electron chi connectivity index (χ1n) is 10.2. The van der Waals surface area contributed by atoms with Gasteiger partial charge in [-0.15, -0.1) is 0 Å². The molecule has 0 radical (unpaired) electrons. The summed E-state index contributed by atoms with van der Waals surface area (Å²) >= 11 is 0. The summed E-state index contributed by atoms with van der Waals surface area (Å²) in [7, 11) is 0. The third-order valence-electron chi connectivity index (χ3n) is 4.70. The van der Waals surface area contributed by atoms with E-state index in [1.165, 1.54) is 6.92 Å². The van der Waals surface area contributed by atoms with Crippen LogP contribution in [0.4, 0.5) is 0 Å². The van der Waals surface area contributed by atoms with Crippen LogP contribution in [-0.2, 0) is 24.0 Å². The summed E-state index contributed by atoms with van der Waals surface area (Å²) < 4.78 is 0. The number of amides is 3. The molecule has 0 bridgehead atoms. The van der Waals surface area contributed by atoms with Gasteiger partial charge in [0.25, 0.3) is 0 Å². The number of carbonyl (C=O) groups excluding carboxylic acids is 3. The molecule has 14 nitrogen and oxygen atoms in total. The summed E-state index contributed by atoms with van der Waals surface area (Å²) in [5, 5.41) is 28.3. The maximum Gasteiger partial charge on any atom is 0.326 e. The van der Waals surface area contributed by atoms with Gasteiger partial charge in [0.2, 0.25) is 17.7 Å². The van der Waals surface area contributed by atoms with E-state index in [1.807, 2.05) is 0 Å². The Bertz CT molecular complexity index is 733. The van der Waals surface area contributed by atoms with Crippen LogP contribution in [-0.4, -0.2) is 83.1 Å². The number of aliphatic imine (C=N–C) groups is 1. The number of nitrogens with zero attached hydrogens (tertiary/aromatic N) is 1. The topological polar surface area (TPSA) is 238 Å². The Morgan fingerprint density at radius 2 is 1.75 bits per heavy atom. The molecule has 1 aliphatic heterocycles. The van der Waals surface area contributed by atoms with Crippen LogP contribution in [0.15, 0.2) is 4.99 Å². The third kappa shape index (κ3) is 9.59. The molecule has 32 heavy (non-hydrogen) atoms. The van der Waals surface area contributed by atoms with Crippen molar-refractivity contribution >= 4 is 35.6 Å². The fraction of sp³-hybridized carbons (Fsp3) is 0.667. The van der Waals surface area contributed by atoms with E-state index in [0.29, 0.717) is 13.0 Å². The van der Waals surface area contributed by atoms with Crippen molar-refractivity contribution in [3.63, 3.8) is 0 Å². The number of nitrogens with one attached hydrogen (secondary N) is 4. The normalized spacial score (nSPS) is 18.0. The second kappa shape index (κ2) is 13.1. The molecule has 1 heterocycles. The molecule has 0 aromatic heterocycles. The number of rotatable bonds is 13. The van der Waals surface area contributed by atoms with Crippen LogP contribution >= 0.6 is 0 Å². The van der Waals surface area contributed by atoms with E-state index in [2.05, 4.69) is 26.3 Å². The lowest BCUT2D eigenvalue weighted by atomic mass is 10.1. The third-order valence-corrected chi connectivity index (χ3v) is 4.70. The number of hydrogen-bond donors (Lipinski definition) is 8. The number of carbonyl (C=O) groups is 5. The summed E-state index contributed by atoms with van der Waals surface area (Å²) in [6, 6.07) is -4.33. The highest BCUT2D eigenvalue weighted by Crippen LogP contribution is 2.06. The first-order valence-corrected chi connectivity index (χ1v) is 10.2. The quantitative estimate of drug-likeness (QED) is 0.0783. The Balaban J connectivity index is 2.66. The van der Waals surface area contributed by atoms with Crippen molar-refractivity contribution in [3.8, 4) is 0 Å². The zero-order chi connectivity index (χ0) is 24.3. The van der Waals surface area contributed by atoms with Crippen LogP contribution in [0.3, 0.4) is 0 Å². The van der Waals surface area contributed by atoms with Gasteiger partial charge in [-0.2, -0.15) is 0 Å². The van der Waals surface area contributed by atoms with Gasteiger partial charge in [0, 0.05) is 6.54 Å². The number of nitrogens with two attached hydrogens (primary N) is 2. The van der Waals surface area contributed by atoms with Crippen molar-refractivity contribution in [2.24, 2.45) is 16.5 Å². The van der Waals surface area contributed by atoms with E-state index in [4.69, 9.17) is 16.6 Å². The molecule has 1 saturated heterocycles. The van der Waals surface area contributed by atoms with E-state index >= 15 is 0 Å². The number of aliphatic carboxylic acids is 2. The van der Waals surface area contributed by atoms with E-state index < -0.39 is 60.2 Å². The molecule has 180 valence electrons. The van der Waals surface area contributed by atoms with Crippen LogP contribution < -0.4 is 32.7 Å². The first-order chi connectivity index (χ1) is 15.0. The maximum atomic E-state index is 12.5. The Kier molecular flexibility index (Phi) is 10.9. The highest BCUT2D eigenvalue weighted by molar-refractivity contribution is 5.95. The first kappa shape index (κ1) is 26.6. The lowest BCUT2D eigenvalue weighted by molar-refractivity contribution is -0.143. The SMILES string of the molecule is CC(NC(=O)C(CC(=O)O)NC(=O)C1CCCN1)C(=O)NC(CCCN=C(N)N)C(=O)O. The minimum Gasteiger partial charge on any atom is -0.481 e. The average molecular weight is 457 g/mol. The zero-order valence-electron chi connectivity index (χ0n) is 17.8. The molecule has 1 rings (SSSR count). The number of guanidine groups is 1. The summed E-state index contributed by atoms with van der Waals surface area (Å²) in [4.78, 5) is 63.3. The second-order valence-corrected chi connectivity index (χ2v) is 7.39. The highest BCUT2D eigenvalue weighted by atomic mass is 16.4. The predicted molar refractivity (Wildman–Crippen MR) is 112 cm³/mol. The van der Waals surface area contributed by atoms with Crippen LogP contribution in [0.25, 0.3) is 0 Å². The van der Waals surface area contributed by atoms with E-state index in [9.17, 15) is 29.1 Å². The molecule has 0 aliphatic carbocycles. The standard InChI is InChI=1S/C18H31N7O7/c1-9(14(28)24-11(17(31)32)5-3-7-22-18(19)20)23-16(30)12(8-13(26)27)25-15(29)10-4-2-6-21-10/h9-12,21H,2-8H2,1H3,(H,23,30)(H,24,28)(H,25,29)(H,26,27)(H,31,32)(H4,19,20,22). The minimum atomic E-state index is -1.40. The van der Waals surface area contributed by atoms with Crippen molar-refractivity contribution in [1.29, 1.82) is 0 Å². The van der Waals surface area contributed by atoms with Crippen LogP contribution in [0.1, 0.15) is 39.0 Å². The largest absolute Gasteiger partial charge is 0.481 e. The molecule has 3 amide bonds. The summed E-state index contributed by atoms with van der Waals surface area (Å²) in [5.74, 6) is -4.89. The molecule has 1 aliphatic rings. The van der Waals surface area contributed by atoms with Crippen LogP contribution in [0.2, 0.25) is 0 Å². The molecule has 1 fully saturated rings. The van der Waals surface area contributed by atoms with Crippen LogP contribution in [0.5, 0.6) is 0 Å². The van der Waals surface area contributed by atoms with Crippen molar-refractivity contribution in [1.82, 2.24) is 21.3 Å². The van der Waals surface area contributed by atoms with E-state index in [-0.39, 0.29) is 25.3 Å². The Morgan fingerprint density at radius 1 is 1.06 bits per heavy atom. The van der Waals surface area contributed by atoms with Gasteiger partial charge in [0.15, 0.2) is 5.96 Å². The van der Waals surface area contributed by atoms with Gasteiger partial charge < -0.3 is 42.9 Å². The lowest BCUT2D eigenvalue weighted by Crippen LogP contribution is -2.56. The Labute approximate surface area is 184 Å². The van der Waals surface area contributed by atoms with Gasteiger partial charge >= 0.3 is 11.9 Å². The lowest BCUT2D eigenvalue weighted by Gasteiger charge is -2.22. The highest BCUT2D eigenvalue weighted by Gasteiger charge is 2.31. The molecular weight excluding hydrogens is 426 g/mol. The molecular formula is C18H31N7O7. The smallest absolute Gasteiger partial charge is 0.326 e. The molecule has 4 unspecified atom stereocenters. The minimum absolute atomic E-state index is 0.0462. The number of hydrogen-bond acceptors (Lipinski definition) is 7. The van der Waals surface area contributed by atoms with Crippen molar-refractivity contribution < 1.29 is 34.2 Å². The van der Waals surface area contributed by atoms with Crippen LogP contribution in [0, 0.1) is 0 Å². The Hall–Kier alpha value is -3.42. The molecule has 0 aromatic carbocycles. The summed E-state index contributed by atoms with van der Waals surface area (Å²) in [5.41, 5.74) is 10.4. The van der Waals surface area contributed by atoms with Gasteiger partial charge in [0.05, 0.1) is 12.5 Å². The molecule has 14 heteroatoms. The summed E-state index contributed by atoms with van der Waals surface area (Å²) in [6.45, 7) is 2.13. The van der Waals surface area contributed by atoms with Gasteiger partial charge in [-0.3, -0.25) is 24.2 Å². The monoisotopic (exact) mass is 457 g/mol. The fourth-order valence-electron chi connectivity index (χ4n) is 3.00. The summed E-state index contributed by atoms with van der Waals surface area (Å²) in [6.07, 6.45) is 0.997. The molecule has 0 saturated carbocycles. The number of carboxylic acid groups (broad SMARTS) is 2. The number of carboxylic acids is 2. The zero-order valence-corrected chi connectivity index (χ0v) is 17.8. The molecule has 0 spiro atoms. The average Bonchev–Trinajstić information content (AvgIpc) is 3.23. The van der Waals surface area contributed by atoms with Gasteiger partial charge in [-0.25, -0.2) is 4.79 Å². The molecule has 4 atom stereocenters.